The molecule has 0 unspecified atom stereocenters. The van der Waals surface area contributed by atoms with E-state index in [1.54, 1.807) is 18.9 Å². The lowest BCUT2D eigenvalue weighted by molar-refractivity contribution is -0.121. The van der Waals surface area contributed by atoms with E-state index in [4.69, 9.17) is 21.1 Å². The fourth-order valence-corrected chi connectivity index (χ4v) is 4.12. The van der Waals surface area contributed by atoms with Crippen LogP contribution in [0.3, 0.4) is 0 Å². The van der Waals surface area contributed by atoms with Gasteiger partial charge in [0.1, 0.15) is 17.1 Å². The monoisotopic (exact) mass is 405 g/mol. The van der Waals surface area contributed by atoms with Gasteiger partial charge in [0.2, 0.25) is 5.91 Å². The molecule has 1 atom stereocenters. The van der Waals surface area contributed by atoms with E-state index in [2.05, 4.69) is 5.32 Å². The molecule has 1 aliphatic rings. The van der Waals surface area contributed by atoms with Gasteiger partial charge in [-0.3, -0.25) is 4.79 Å². The molecule has 0 bridgehead atoms. The zero-order chi connectivity index (χ0) is 19.4. The largest absolute Gasteiger partial charge is 0.497 e. The van der Waals surface area contributed by atoms with Crippen LogP contribution in [0, 0.1) is 0 Å². The molecule has 2 aromatic rings. The molecule has 0 fully saturated rings. The summed E-state index contributed by atoms with van der Waals surface area (Å²) in [5.41, 5.74) is 0.642. The van der Waals surface area contributed by atoms with Crippen LogP contribution in [0.15, 0.2) is 47.4 Å². The average molecular weight is 406 g/mol. The Kier molecular flexibility index (Phi) is 6.22. The molecular weight excluding hydrogens is 382 g/mol. The first-order valence-electron chi connectivity index (χ1n) is 8.91. The van der Waals surface area contributed by atoms with Gasteiger partial charge in [0.25, 0.3) is 0 Å². The maximum absolute atomic E-state index is 12.5. The number of nitrogens with one attached hydrogen (secondary N) is 1. The number of carbonyl (C=O) groups is 1. The number of ether oxygens (including phenoxy) is 2. The highest BCUT2D eigenvalue weighted by molar-refractivity contribution is 7.99. The van der Waals surface area contributed by atoms with Gasteiger partial charge in [-0.1, -0.05) is 11.6 Å². The Balaban J connectivity index is 1.60. The lowest BCUT2D eigenvalue weighted by Crippen LogP contribution is -2.41. The molecule has 1 N–H and O–H groups in total. The van der Waals surface area contributed by atoms with Crippen LogP contribution < -0.4 is 14.8 Å². The maximum atomic E-state index is 12.5. The van der Waals surface area contributed by atoms with Crippen molar-refractivity contribution in [3.8, 4) is 11.5 Å². The van der Waals surface area contributed by atoms with Crippen LogP contribution in [0.5, 0.6) is 11.5 Å². The summed E-state index contributed by atoms with van der Waals surface area (Å²) >= 11 is 7.55. The van der Waals surface area contributed by atoms with Crippen LogP contribution in [0.2, 0.25) is 5.02 Å². The van der Waals surface area contributed by atoms with Crippen molar-refractivity contribution in [3.05, 3.63) is 53.1 Å². The van der Waals surface area contributed by atoms with Crippen LogP contribution >= 0.6 is 23.4 Å². The molecule has 0 saturated heterocycles. The number of amides is 1. The summed E-state index contributed by atoms with van der Waals surface area (Å²) in [6.45, 7) is 4.07. The summed E-state index contributed by atoms with van der Waals surface area (Å²) in [5.74, 6) is 2.28. The third kappa shape index (κ3) is 5.33. The normalized spacial score (nSPS) is 17.6. The molecule has 27 heavy (non-hydrogen) atoms. The van der Waals surface area contributed by atoms with Crippen LogP contribution in [0.25, 0.3) is 0 Å². The van der Waals surface area contributed by atoms with E-state index < -0.39 is 0 Å². The Hall–Kier alpha value is -1.85. The molecule has 3 rings (SSSR count). The highest BCUT2D eigenvalue weighted by Crippen LogP contribution is 2.41. The van der Waals surface area contributed by atoms with E-state index in [9.17, 15) is 4.79 Å². The minimum atomic E-state index is -0.352. The van der Waals surface area contributed by atoms with Gasteiger partial charge >= 0.3 is 0 Å². The Morgan fingerprint density at radius 2 is 2.04 bits per heavy atom. The molecule has 144 valence electrons. The van der Waals surface area contributed by atoms with Crippen LogP contribution in [0.1, 0.15) is 38.3 Å². The molecule has 1 aliphatic heterocycles. The number of hydrogen-bond acceptors (Lipinski definition) is 4. The first-order valence-corrected chi connectivity index (χ1v) is 10.3. The minimum absolute atomic E-state index is 0.0425. The summed E-state index contributed by atoms with van der Waals surface area (Å²) in [6.07, 6.45) is 1.18. The van der Waals surface area contributed by atoms with Crippen molar-refractivity contribution in [1.82, 2.24) is 5.32 Å². The van der Waals surface area contributed by atoms with Gasteiger partial charge in [-0.2, -0.15) is 0 Å². The summed E-state index contributed by atoms with van der Waals surface area (Å²) in [7, 11) is 1.63. The molecule has 0 radical (unpaired) electrons. The predicted molar refractivity (Wildman–Crippen MR) is 110 cm³/mol. The van der Waals surface area contributed by atoms with Gasteiger partial charge in [-0.25, -0.2) is 0 Å². The second-order valence-corrected chi connectivity index (χ2v) is 8.75. The Morgan fingerprint density at radius 1 is 1.30 bits per heavy atom. The highest BCUT2D eigenvalue weighted by atomic mass is 35.5. The number of fused-ring (bicyclic) bond motifs is 1. The standard InChI is InChI=1S/C21H24ClNO3S/c1-21(2)13-18(17-9-6-15(25-3)12-19(17)26-21)23-20(24)10-11-27-16-7-4-14(22)5-8-16/h4-9,12,18H,10-11,13H2,1-3H3,(H,23,24)/t18-/m1/s1. The molecular formula is C21H24ClNO3S. The van der Waals surface area contributed by atoms with Crippen LogP contribution in [0.4, 0.5) is 0 Å². The zero-order valence-electron chi connectivity index (χ0n) is 15.8. The first kappa shape index (κ1) is 19.9. The van der Waals surface area contributed by atoms with Gasteiger partial charge in [-0.15, -0.1) is 11.8 Å². The van der Waals surface area contributed by atoms with Crippen molar-refractivity contribution in [2.75, 3.05) is 12.9 Å². The third-order valence-corrected chi connectivity index (χ3v) is 5.69. The van der Waals surface area contributed by atoms with E-state index in [0.29, 0.717) is 6.42 Å². The Bertz CT molecular complexity index is 808. The van der Waals surface area contributed by atoms with E-state index in [1.165, 1.54) is 0 Å². The van der Waals surface area contributed by atoms with Gasteiger partial charge < -0.3 is 14.8 Å². The fraction of sp³-hybridized carbons (Fsp3) is 0.381. The number of thioether (sulfide) groups is 1. The summed E-state index contributed by atoms with van der Waals surface area (Å²) in [6, 6.07) is 13.3. The predicted octanol–water partition coefficient (Wildman–Crippen LogP) is 5.25. The number of benzene rings is 2. The summed E-state index contributed by atoms with van der Waals surface area (Å²) in [5, 5.41) is 3.89. The van der Waals surface area contributed by atoms with Gasteiger partial charge in [-0.05, 0) is 50.2 Å². The molecule has 2 aromatic carbocycles. The average Bonchev–Trinajstić information content (AvgIpc) is 2.62. The topological polar surface area (TPSA) is 47.6 Å². The van der Waals surface area contributed by atoms with Crippen LogP contribution in [-0.4, -0.2) is 24.4 Å². The second kappa shape index (κ2) is 8.44. The van der Waals surface area contributed by atoms with Crippen molar-refractivity contribution >= 4 is 29.3 Å². The summed E-state index contributed by atoms with van der Waals surface area (Å²) in [4.78, 5) is 13.6. The fourth-order valence-electron chi connectivity index (χ4n) is 3.15. The van der Waals surface area contributed by atoms with E-state index in [1.807, 2.05) is 56.3 Å². The minimum Gasteiger partial charge on any atom is -0.497 e. The zero-order valence-corrected chi connectivity index (χ0v) is 17.3. The van der Waals surface area contributed by atoms with E-state index >= 15 is 0 Å². The van der Waals surface area contributed by atoms with Crippen molar-refractivity contribution < 1.29 is 14.3 Å². The smallest absolute Gasteiger partial charge is 0.221 e. The number of halogens is 1. The number of rotatable bonds is 6. The van der Waals surface area contributed by atoms with Gasteiger partial charge in [0, 0.05) is 40.1 Å². The molecule has 0 saturated carbocycles. The van der Waals surface area contributed by atoms with E-state index in [0.717, 1.165) is 39.2 Å². The molecule has 0 aliphatic carbocycles. The maximum Gasteiger partial charge on any atom is 0.221 e. The number of methoxy groups -OCH3 is 1. The molecule has 1 amide bonds. The molecule has 6 heteroatoms. The Morgan fingerprint density at radius 3 is 2.74 bits per heavy atom. The van der Waals surface area contributed by atoms with Crippen molar-refractivity contribution in [1.29, 1.82) is 0 Å². The number of carbonyl (C=O) groups excluding carboxylic acids is 1. The summed E-state index contributed by atoms with van der Waals surface area (Å²) < 4.78 is 11.4. The number of hydrogen-bond donors (Lipinski definition) is 1. The highest BCUT2D eigenvalue weighted by Gasteiger charge is 2.34. The van der Waals surface area contributed by atoms with Crippen LogP contribution in [-0.2, 0) is 4.79 Å². The molecule has 0 aromatic heterocycles. The van der Waals surface area contributed by atoms with Crippen molar-refractivity contribution in [3.63, 3.8) is 0 Å². The second-order valence-electron chi connectivity index (χ2n) is 7.14. The molecule has 4 nitrogen and oxygen atoms in total. The SMILES string of the molecule is COc1ccc2c(c1)OC(C)(C)C[C@H]2NC(=O)CCSc1ccc(Cl)cc1. The molecule has 1 heterocycles. The van der Waals surface area contributed by atoms with E-state index in [-0.39, 0.29) is 17.6 Å². The van der Waals surface area contributed by atoms with Crippen molar-refractivity contribution in [2.45, 2.75) is 43.2 Å². The Labute approximate surface area is 169 Å². The van der Waals surface area contributed by atoms with Gasteiger partial charge in [0.05, 0.1) is 13.2 Å². The van der Waals surface area contributed by atoms with Crippen molar-refractivity contribution in [2.24, 2.45) is 0 Å². The van der Waals surface area contributed by atoms with Gasteiger partial charge in [0.15, 0.2) is 0 Å². The lowest BCUT2D eigenvalue weighted by atomic mass is 9.89. The quantitative estimate of drug-likeness (QED) is 0.667. The third-order valence-electron chi connectivity index (χ3n) is 4.42. The lowest BCUT2D eigenvalue weighted by Gasteiger charge is -2.38. The molecule has 0 spiro atoms. The first-order chi connectivity index (χ1) is 12.9.